The molecule has 0 unspecified atom stereocenters. The van der Waals surface area contributed by atoms with Crippen molar-refractivity contribution in [3.8, 4) is 11.4 Å². The molecule has 3 heterocycles. The first-order chi connectivity index (χ1) is 17.9. The standard InChI is InChI=1S/C26H28FN7O2S/c1-18(2)9-14-29-26(36)24(19-10-12-28-13-11-19)33(16-22-4-3-15-37-22)23(35)17-34-31-25(30-32-34)20-5-7-21(27)8-6-20/h3-8,10-13,15,18,24H,9,14,16-17H2,1-2H3,(H,29,36)/t24-/m0/s1. The molecule has 0 radical (unpaired) electrons. The fraction of sp³-hybridized carbons (Fsp3) is 0.308. The monoisotopic (exact) mass is 521 g/mol. The molecule has 9 nitrogen and oxygen atoms in total. The largest absolute Gasteiger partial charge is 0.354 e. The molecule has 0 aliphatic heterocycles. The van der Waals surface area contributed by atoms with Crippen molar-refractivity contribution in [2.75, 3.05) is 6.54 Å². The van der Waals surface area contributed by atoms with Gasteiger partial charge in [-0.25, -0.2) is 4.39 Å². The van der Waals surface area contributed by atoms with Crippen molar-refractivity contribution < 1.29 is 14.0 Å². The molecule has 1 N–H and O–H groups in total. The number of hydrogen-bond acceptors (Lipinski definition) is 7. The SMILES string of the molecule is CC(C)CCNC(=O)[C@H](c1ccncc1)N(Cc1cccs1)C(=O)Cn1nnc(-c2ccc(F)cc2)n1. The Morgan fingerprint density at radius 1 is 1.11 bits per heavy atom. The van der Waals surface area contributed by atoms with Crippen molar-refractivity contribution >= 4 is 23.2 Å². The van der Waals surface area contributed by atoms with Gasteiger partial charge in [0.2, 0.25) is 17.6 Å². The first kappa shape index (κ1) is 26.1. The fourth-order valence-corrected chi connectivity index (χ4v) is 4.43. The van der Waals surface area contributed by atoms with Gasteiger partial charge in [-0.3, -0.25) is 14.6 Å². The van der Waals surface area contributed by atoms with E-state index in [-0.39, 0.29) is 36.5 Å². The maximum Gasteiger partial charge on any atom is 0.247 e. The van der Waals surface area contributed by atoms with Gasteiger partial charge in [0.1, 0.15) is 18.4 Å². The van der Waals surface area contributed by atoms with E-state index in [4.69, 9.17) is 0 Å². The van der Waals surface area contributed by atoms with Gasteiger partial charge in [0.25, 0.3) is 0 Å². The lowest BCUT2D eigenvalue weighted by atomic mass is 10.0. The summed E-state index contributed by atoms with van der Waals surface area (Å²) in [7, 11) is 0. The summed E-state index contributed by atoms with van der Waals surface area (Å²) in [6, 6.07) is 12.1. The molecule has 1 atom stereocenters. The first-order valence-corrected chi connectivity index (χ1v) is 12.8. The number of amides is 2. The van der Waals surface area contributed by atoms with Gasteiger partial charge in [-0.15, -0.1) is 21.5 Å². The van der Waals surface area contributed by atoms with Crippen LogP contribution in [0, 0.1) is 11.7 Å². The molecular weight excluding hydrogens is 493 g/mol. The smallest absolute Gasteiger partial charge is 0.247 e. The molecule has 4 rings (SSSR count). The van der Waals surface area contributed by atoms with Gasteiger partial charge >= 0.3 is 0 Å². The molecule has 37 heavy (non-hydrogen) atoms. The molecule has 0 aliphatic carbocycles. The van der Waals surface area contributed by atoms with Crippen LogP contribution >= 0.6 is 11.3 Å². The van der Waals surface area contributed by atoms with Crippen LogP contribution in [0.5, 0.6) is 0 Å². The van der Waals surface area contributed by atoms with E-state index in [0.717, 1.165) is 11.3 Å². The summed E-state index contributed by atoms with van der Waals surface area (Å²) in [5, 5.41) is 17.2. The first-order valence-electron chi connectivity index (χ1n) is 11.9. The molecule has 1 aromatic carbocycles. The third kappa shape index (κ3) is 7.04. The average molecular weight is 522 g/mol. The molecule has 0 saturated heterocycles. The molecule has 11 heteroatoms. The number of carbonyl (C=O) groups is 2. The average Bonchev–Trinajstić information content (AvgIpc) is 3.57. The molecule has 3 aromatic heterocycles. The number of halogens is 1. The van der Waals surface area contributed by atoms with Crippen LogP contribution in [0.3, 0.4) is 0 Å². The van der Waals surface area contributed by atoms with Gasteiger partial charge in [0.15, 0.2) is 0 Å². The van der Waals surface area contributed by atoms with Crippen molar-refractivity contribution in [3.05, 3.63) is 82.6 Å². The Morgan fingerprint density at radius 2 is 1.86 bits per heavy atom. The van der Waals surface area contributed by atoms with E-state index in [2.05, 4.69) is 39.6 Å². The van der Waals surface area contributed by atoms with E-state index in [0.29, 0.717) is 23.6 Å². The van der Waals surface area contributed by atoms with Crippen molar-refractivity contribution in [1.82, 2.24) is 35.4 Å². The molecule has 0 aliphatic rings. The van der Waals surface area contributed by atoms with Gasteiger partial charge < -0.3 is 10.2 Å². The topological polar surface area (TPSA) is 106 Å². The minimum atomic E-state index is -0.871. The van der Waals surface area contributed by atoms with E-state index in [1.807, 2.05) is 17.5 Å². The summed E-state index contributed by atoms with van der Waals surface area (Å²) in [6.07, 6.45) is 4.03. The Bertz CT molecular complexity index is 1290. The third-order valence-corrected chi connectivity index (χ3v) is 6.52. The molecule has 4 aromatic rings. The number of pyridine rings is 1. The van der Waals surface area contributed by atoms with Crippen LogP contribution in [0.1, 0.15) is 36.8 Å². The lowest BCUT2D eigenvalue weighted by molar-refractivity contribution is -0.142. The third-order valence-electron chi connectivity index (χ3n) is 5.66. The highest BCUT2D eigenvalue weighted by molar-refractivity contribution is 7.09. The second kappa shape index (κ2) is 12.3. The maximum absolute atomic E-state index is 13.7. The highest BCUT2D eigenvalue weighted by Gasteiger charge is 2.32. The van der Waals surface area contributed by atoms with E-state index >= 15 is 0 Å². The molecule has 0 bridgehead atoms. The van der Waals surface area contributed by atoms with Crippen molar-refractivity contribution in [3.63, 3.8) is 0 Å². The van der Waals surface area contributed by atoms with Crippen LogP contribution in [0.2, 0.25) is 0 Å². The number of thiophene rings is 1. The minimum absolute atomic E-state index is 0.222. The van der Waals surface area contributed by atoms with Crippen LogP contribution < -0.4 is 5.32 Å². The Balaban J connectivity index is 1.61. The number of nitrogens with one attached hydrogen (secondary N) is 1. The zero-order chi connectivity index (χ0) is 26.2. The second-order valence-corrected chi connectivity index (χ2v) is 9.94. The molecule has 0 saturated carbocycles. The molecule has 0 fully saturated rings. The fourth-order valence-electron chi connectivity index (χ4n) is 3.73. The van der Waals surface area contributed by atoms with Crippen molar-refractivity contribution in [2.24, 2.45) is 5.92 Å². The highest BCUT2D eigenvalue weighted by atomic mass is 32.1. The molecule has 2 amide bonds. The van der Waals surface area contributed by atoms with Gasteiger partial charge in [0.05, 0.1) is 6.54 Å². The van der Waals surface area contributed by atoms with Crippen LogP contribution in [0.15, 0.2) is 66.3 Å². The summed E-state index contributed by atoms with van der Waals surface area (Å²) in [4.78, 5) is 34.9. The molecule has 0 spiro atoms. The normalized spacial score (nSPS) is 11.9. The van der Waals surface area contributed by atoms with Crippen LogP contribution in [-0.4, -0.2) is 48.5 Å². The van der Waals surface area contributed by atoms with Gasteiger partial charge in [-0.05, 0) is 71.0 Å². The minimum Gasteiger partial charge on any atom is -0.354 e. The number of rotatable bonds is 11. The Labute approximate surface area is 218 Å². The Kier molecular flexibility index (Phi) is 8.68. The predicted octanol–water partition coefficient (Wildman–Crippen LogP) is 3.87. The summed E-state index contributed by atoms with van der Waals surface area (Å²) in [6.45, 7) is 4.70. The Hall–Kier alpha value is -3.99. The number of carbonyl (C=O) groups excluding carboxylic acids is 2. The number of tetrazole rings is 1. The van der Waals surface area contributed by atoms with Gasteiger partial charge in [-0.1, -0.05) is 19.9 Å². The zero-order valence-electron chi connectivity index (χ0n) is 20.6. The Morgan fingerprint density at radius 3 is 2.54 bits per heavy atom. The van der Waals surface area contributed by atoms with Crippen LogP contribution in [0.25, 0.3) is 11.4 Å². The summed E-state index contributed by atoms with van der Waals surface area (Å²) >= 11 is 1.50. The zero-order valence-corrected chi connectivity index (χ0v) is 21.4. The summed E-state index contributed by atoms with van der Waals surface area (Å²) in [5.74, 6) is -0.288. The van der Waals surface area contributed by atoms with Crippen LogP contribution in [0.4, 0.5) is 4.39 Å². The van der Waals surface area contributed by atoms with E-state index in [1.54, 1.807) is 36.7 Å². The molecular formula is C26H28FN7O2S. The van der Waals surface area contributed by atoms with Crippen molar-refractivity contribution in [1.29, 1.82) is 0 Å². The lowest BCUT2D eigenvalue weighted by Gasteiger charge is -2.31. The maximum atomic E-state index is 13.7. The number of aromatic nitrogens is 5. The summed E-state index contributed by atoms with van der Waals surface area (Å²) < 4.78 is 13.3. The van der Waals surface area contributed by atoms with E-state index < -0.39 is 6.04 Å². The van der Waals surface area contributed by atoms with E-state index in [1.165, 1.54) is 33.2 Å². The quantitative estimate of drug-likeness (QED) is 0.321. The van der Waals surface area contributed by atoms with Crippen LogP contribution in [-0.2, 0) is 22.7 Å². The van der Waals surface area contributed by atoms with E-state index in [9.17, 15) is 14.0 Å². The molecule has 192 valence electrons. The predicted molar refractivity (Wildman–Crippen MR) is 138 cm³/mol. The summed E-state index contributed by atoms with van der Waals surface area (Å²) in [5.41, 5.74) is 1.23. The highest BCUT2D eigenvalue weighted by Crippen LogP contribution is 2.25. The lowest BCUT2D eigenvalue weighted by Crippen LogP contribution is -2.45. The van der Waals surface area contributed by atoms with Gasteiger partial charge in [-0.2, -0.15) is 4.80 Å². The van der Waals surface area contributed by atoms with Gasteiger partial charge in [0, 0.05) is 29.4 Å². The number of benzene rings is 1. The number of nitrogens with zero attached hydrogens (tertiary/aromatic N) is 6. The van der Waals surface area contributed by atoms with Crippen molar-refractivity contribution in [2.45, 2.75) is 39.4 Å². The number of hydrogen-bond donors (Lipinski definition) is 1. The second-order valence-electron chi connectivity index (χ2n) is 8.91.